The van der Waals surface area contributed by atoms with Gasteiger partial charge in [-0.05, 0) is 42.8 Å². The lowest BCUT2D eigenvalue weighted by molar-refractivity contribution is -0.122. The number of para-hydroxylation sites is 1. The molecule has 0 fully saturated rings. The zero-order valence-electron chi connectivity index (χ0n) is 14.5. The Morgan fingerprint density at radius 3 is 2.24 bits per heavy atom. The van der Waals surface area contributed by atoms with Gasteiger partial charge in [-0.25, -0.2) is 8.42 Å². The molecule has 0 unspecified atom stereocenters. The van der Waals surface area contributed by atoms with Crippen LogP contribution >= 0.6 is 0 Å². The maximum atomic E-state index is 12.3. The summed E-state index contributed by atoms with van der Waals surface area (Å²) in [6, 6.07) is 15.7. The first kappa shape index (κ1) is 18.8. The van der Waals surface area contributed by atoms with Crippen molar-refractivity contribution in [3.63, 3.8) is 0 Å². The molecule has 6 nitrogen and oxygen atoms in total. The first-order chi connectivity index (χ1) is 11.8. The zero-order valence-corrected chi connectivity index (χ0v) is 15.3. The molecule has 0 aliphatic carbocycles. The summed E-state index contributed by atoms with van der Waals surface area (Å²) in [5.74, 6) is 0.270. The van der Waals surface area contributed by atoms with Gasteiger partial charge >= 0.3 is 0 Å². The Labute approximate surface area is 148 Å². The van der Waals surface area contributed by atoms with Gasteiger partial charge in [0, 0.05) is 12.7 Å². The summed E-state index contributed by atoms with van der Waals surface area (Å²) in [6.07, 6.45) is 1.00. The van der Waals surface area contributed by atoms with Gasteiger partial charge < -0.3 is 10.1 Å². The molecule has 0 radical (unpaired) electrons. The van der Waals surface area contributed by atoms with E-state index >= 15 is 0 Å². The maximum absolute atomic E-state index is 12.3. The number of nitrogens with zero attached hydrogens (tertiary/aromatic N) is 1. The Hall–Kier alpha value is -2.54. The molecule has 1 atom stereocenters. The number of rotatable bonds is 7. The third kappa shape index (κ3) is 5.22. The van der Waals surface area contributed by atoms with Gasteiger partial charge in [0.1, 0.15) is 5.75 Å². The minimum Gasteiger partial charge on any atom is -0.481 e. The van der Waals surface area contributed by atoms with Gasteiger partial charge in [-0.3, -0.25) is 9.10 Å². The molecule has 0 aromatic heterocycles. The van der Waals surface area contributed by atoms with Crippen molar-refractivity contribution in [1.29, 1.82) is 0 Å². The summed E-state index contributed by atoms with van der Waals surface area (Å²) in [7, 11) is -1.84. The second kappa shape index (κ2) is 8.02. The number of carbonyl (C=O) groups excluding carboxylic acids is 1. The fraction of sp³-hybridized carbons (Fsp3) is 0.278. The average molecular weight is 362 g/mol. The van der Waals surface area contributed by atoms with Crippen LogP contribution < -0.4 is 14.4 Å². The largest absolute Gasteiger partial charge is 0.481 e. The summed E-state index contributed by atoms with van der Waals surface area (Å²) >= 11 is 0. The molecule has 25 heavy (non-hydrogen) atoms. The molecule has 1 amide bonds. The summed E-state index contributed by atoms with van der Waals surface area (Å²) in [5, 5.41) is 2.81. The van der Waals surface area contributed by atoms with Gasteiger partial charge in [-0.1, -0.05) is 25.1 Å². The molecule has 0 aliphatic heterocycles. The van der Waals surface area contributed by atoms with E-state index in [0.717, 1.165) is 6.26 Å². The molecule has 0 saturated heterocycles. The van der Waals surface area contributed by atoms with Crippen molar-refractivity contribution in [3.8, 4) is 5.75 Å². The Balaban J connectivity index is 2.05. The van der Waals surface area contributed by atoms with E-state index in [2.05, 4.69) is 5.32 Å². The molecule has 0 spiro atoms. The number of amides is 1. The normalized spacial score (nSPS) is 12.3. The first-order valence-corrected chi connectivity index (χ1v) is 9.72. The van der Waals surface area contributed by atoms with Crippen LogP contribution in [0.25, 0.3) is 0 Å². The molecule has 7 heteroatoms. The second-order valence-corrected chi connectivity index (χ2v) is 7.61. The van der Waals surface area contributed by atoms with Crippen LogP contribution in [0.3, 0.4) is 0 Å². The minimum absolute atomic E-state index is 0.231. The highest BCUT2D eigenvalue weighted by atomic mass is 32.2. The molecule has 0 heterocycles. The highest BCUT2D eigenvalue weighted by Crippen LogP contribution is 2.22. The predicted molar refractivity (Wildman–Crippen MR) is 99.5 cm³/mol. The lowest BCUT2D eigenvalue weighted by Gasteiger charge is -2.19. The van der Waals surface area contributed by atoms with Gasteiger partial charge in [0.2, 0.25) is 10.0 Å². The maximum Gasteiger partial charge on any atom is 0.265 e. The number of nitrogens with one attached hydrogen (secondary N) is 1. The Kier molecular flexibility index (Phi) is 6.03. The lowest BCUT2D eigenvalue weighted by Crippen LogP contribution is -2.32. The van der Waals surface area contributed by atoms with E-state index in [1.54, 1.807) is 36.4 Å². The fourth-order valence-electron chi connectivity index (χ4n) is 2.16. The molecule has 2 rings (SSSR count). The fourth-order valence-corrected chi connectivity index (χ4v) is 2.66. The Morgan fingerprint density at radius 2 is 1.72 bits per heavy atom. The molecular weight excluding hydrogens is 340 g/mol. The van der Waals surface area contributed by atoms with Crippen LogP contribution in [0.4, 0.5) is 11.4 Å². The van der Waals surface area contributed by atoms with E-state index in [1.807, 2.05) is 25.1 Å². The molecule has 0 saturated carbocycles. The van der Waals surface area contributed by atoms with Gasteiger partial charge in [0.15, 0.2) is 6.10 Å². The van der Waals surface area contributed by atoms with Crippen LogP contribution in [0.5, 0.6) is 5.75 Å². The van der Waals surface area contributed by atoms with E-state index in [0.29, 0.717) is 23.5 Å². The Morgan fingerprint density at radius 1 is 1.12 bits per heavy atom. The van der Waals surface area contributed by atoms with Crippen LogP contribution in [-0.4, -0.2) is 33.7 Å². The third-order valence-electron chi connectivity index (χ3n) is 3.68. The molecule has 0 aliphatic rings. The molecule has 2 aromatic rings. The molecule has 134 valence electrons. The van der Waals surface area contributed by atoms with Crippen molar-refractivity contribution in [3.05, 3.63) is 54.6 Å². The SMILES string of the molecule is CC[C@H](Oc1ccc(N(C)S(C)(=O)=O)cc1)C(=O)Nc1ccccc1. The van der Waals surface area contributed by atoms with Crippen LogP contribution in [0, 0.1) is 0 Å². The smallest absolute Gasteiger partial charge is 0.265 e. The van der Waals surface area contributed by atoms with E-state index in [9.17, 15) is 13.2 Å². The van der Waals surface area contributed by atoms with Gasteiger partial charge in [0.25, 0.3) is 5.91 Å². The number of benzene rings is 2. The minimum atomic E-state index is -3.32. The van der Waals surface area contributed by atoms with Crippen molar-refractivity contribution in [2.24, 2.45) is 0 Å². The van der Waals surface area contributed by atoms with E-state index in [1.165, 1.54) is 11.4 Å². The second-order valence-electron chi connectivity index (χ2n) is 5.59. The van der Waals surface area contributed by atoms with E-state index in [-0.39, 0.29) is 5.91 Å². The van der Waals surface area contributed by atoms with Crippen LogP contribution in [0.2, 0.25) is 0 Å². The van der Waals surface area contributed by atoms with E-state index in [4.69, 9.17) is 4.74 Å². The molecule has 0 bridgehead atoms. The van der Waals surface area contributed by atoms with Crippen molar-refractivity contribution >= 4 is 27.3 Å². The van der Waals surface area contributed by atoms with Gasteiger partial charge in [-0.15, -0.1) is 0 Å². The van der Waals surface area contributed by atoms with Gasteiger partial charge in [0.05, 0.1) is 11.9 Å². The summed E-state index contributed by atoms with van der Waals surface area (Å²) in [4.78, 5) is 12.3. The number of sulfonamides is 1. The van der Waals surface area contributed by atoms with Crippen LogP contribution in [0.15, 0.2) is 54.6 Å². The topological polar surface area (TPSA) is 75.7 Å². The number of hydrogen-bond donors (Lipinski definition) is 1. The summed E-state index contributed by atoms with van der Waals surface area (Å²) in [5.41, 5.74) is 1.23. The number of ether oxygens (including phenoxy) is 1. The van der Waals surface area contributed by atoms with Crippen LogP contribution in [-0.2, 0) is 14.8 Å². The molecule has 2 aromatic carbocycles. The average Bonchev–Trinajstić information content (AvgIpc) is 2.59. The summed E-state index contributed by atoms with van der Waals surface area (Å²) < 4.78 is 30.0. The van der Waals surface area contributed by atoms with Crippen molar-refractivity contribution < 1.29 is 17.9 Å². The van der Waals surface area contributed by atoms with Crippen LogP contribution in [0.1, 0.15) is 13.3 Å². The predicted octanol–water partition coefficient (Wildman–Crippen LogP) is 2.88. The number of anilines is 2. The van der Waals surface area contributed by atoms with Crippen molar-refractivity contribution in [1.82, 2.24) is 0 Å². The summed E-state index contributed by atoms with van der Waals surface area (Å²) in [6.45, 7) is 1.86. The quantitative estimate of drug-likeness (QED) is 0.822. The highest BCUT2D eigenvalue weighted by molar-refractivity contribution is 7.92. The molecular formula is C18H22N2O4S. The highest BCUT2D eigenvalue weighted by Gasteiger charge is 2.19. The van der Waals surface area contributed by atoms with Gasteiger partial charge in [-0.2, -0.15) is 0 Å². The number of hydrogen-bond acceptors (Lipinski definition) is 4. The molecule has 1 N–H and O–H groups in total. The number of carbonyl (C=O) groups is 1. The zero-order chi connectivity index (χ0) is 18.4. The third-order valence-corrected chi connectivity index (χ3v) is 4.89. The Bertz CT molecular complexity index is 805. The lowest BCUT2D eigenvalue weighted by atomic mass is 10.2. The monoisotopic (exact) mass is 362 g/mol. The first-order valence-electron chi connectivity index (χ1n) is 7.88. The van der Waals surface area contributed by atoms with Crippen molar-refractivity contribution in [2.75, 3.05) is 22.9 Å². The van der Waals surface area contributed by atoms with E-state index < -0.39 is 16.1 Å². The van der Waals surface area contributed by atoms with Crippen molar-refractivity contribution in [2.45, 2.75) is 19.4 Å². The standard InChI is InChI=1S/C18H22N2O4S/c1-4-17(18(21)19-14-8-6-5-7-9-14)24-16-12-10-15(11-13-16)20(2)25(3,22)23/h5-13,17H,4H2,1-3H3,(H,19,21)/t17-/m0/s1.